The Balaban J connectivity index is 5.06. The maximum Gasteiger partial charge on any atom is 0.429 e. The monoisotopic (exact) mass is 232 g/mol. The smallest absolute Gasteiger partial charge is 0.429 e. The van der Waals surface area contributed by atoms with Crippen molar-refractivity contribution in [1.82, 2.24) is 0 Å². The summed E-state index contributed by atoms with van der Waals surface area (Å²) in [7, 11) is -8.13. The second kappa shape index (κ2) is 2.58. The molecule has 0 bridgehead atoms. The van der Waals surface area contributed by atoms with E-state index in [1.165, 1.54) is 0 Å². The third kappa shape index (κ3) is 3.12. The van der Waals surface area contributed by atoms with Gasteiger partial charge in [-0.3, -0.25) is 0 Å². The number of hydrogen-bond acceptors (Lipinski definition) is 3. The van der Waals surface area contributed by atoms with E-state index in [2.05, 4.69) is 0 Å². The molecule has 0 unspecified atom stereocenters. The van der Waals surface area contributed by atoms with E-state index in [1.54, 1.807) is 0 Å². The van der Waals surface area contributed by atoms with Crippen LogP contribution in [0.2, 0.25) is 0 Å². The lowest BCUT2D eigenvalue weighted by Gasteiger charge is -2.55. The molecule has 0 aromatic rings. The fraction of sp³-hybridized carbons (Fsp3) is 1.00. The van der Waals surface area contributed by atoms with Gasteiger partial charge in [-0.25, -0.2) is 0 Å². The van der Waals surface area contributed by atoms with Gasteiger partial charge >= 0.3 is 11.7 Å². The first-order chi connectivity index (χ1) is 5.24. The fourth-order valence-corrected chi connectivity index (χ4v) is 1.09. The van der Waals surface area contributed by atoms with Crippen molar-refractivity contribution in [1.29, 1.82) is 0 Å². The predicted octanol–water partition coefficient (Wildman–Crippen LogP) is 1.15. The molecule has 0 aromatic heterocycles. The first-order valence-electron chi connectivity index (χ1n) is 2.48. The predicted molar refractivity (Wildman–Crippen MR) is 26.7 cm³/mol. The number of rotatable bonds is 1. The maximum atomic E-state index is 11.4. The van der Waals surface area contributed by atoms with Gasteiger partial charge in [-0.1, -0.05) is 0 Å². The lowest BCUT2D eigenvalue weighted by molar-refractivity contribution is -0.120. The van der Waals surface area contributed by atoms with Gasteiger partial charge in [-0.15, -0.1) is 9.63 Å². The largest absolute Gasteiger partial charge is 0.792 e. The Morgan fingerprint density at radius 2 is 1.31 bits per heavy atom. The standard InChI is InChI=1S/C3H4F6O3S/c4-2(5,6)1-13(10,11,12)3(7,8)9/h1H2,(H2,10,11,12)/p-2. The van der Waals surface area contributed by atoms with E-state index in [0.29, 0.717) is 0 Å². The highest BCUT2D eigenvalue weighted by Crippen LogP contribution is 2.41. The molecule has 0 rings (SSSR count). The van der Waals surface area contributed by atoms with Crippen molar-refractivity contribution in [3.63, 3.8) is 0 Å². The summed E-state index contributed by atoms with van der Waals surface area (Å²) in [6, 6.07) is 0. The van der Waals surface area contributed by atoms with Gasteiger partial charge in [0, 0.05) is 0 Å². The highest BCUT2D eigenvalue weighted by molar-refractivity contribution is 8.10. The van der Waals surface area contributed by atoms with Crippen LogP contribution in [0.5, 0.6) is 0 Å². The Morgan fingerprint density at radius 1 is 1.00 bits per heavy atom. The molecule has 0 saturated carbocycles. The summed E-state index contributed by atoms with van der Waals surface area (Å²) in [5.41, 5.74) is -6.44. The molecule has 0 atom stereocenters. The topological polar surface area (TPSA) is 63.2 Å². The summed E-state index contributed by atoms with van der Waals surface area (Å²) in [5, 5.41) is 0. The summed E-state index contributed by atoms with van der Waals surface area (Å²) in [6.07, 6.45) is -5.71. The fourth-order valence-electron chi connectivity index (χ4n) is 0.364. The number of halogens is 6. The molecular weight excluding hydrogens is 230 g/mol. The highest BCUT2D eigenvalue weighted by Gasteiger charge is 2.49. The average Bonchev–Trinajstić information content (AvgIpc) is 1.48. The van der Waals surface area contributed by atoms with Crippen LogP contribution in [0, 0.1) is 0 Å². The van der Waals surface area contributed by atoms with Crippen LogP contribution < -0.4 is 0 Å². The summed E-state index contributed by atoms with van der Waals surface area (Å²) < 4.78 is 97.4. The number of alkyl halides is 6. The summed E-state index contributed by atoms with van der Waals surface area (Å²) in [5.74, 6) is -3.44. The molecule has 0 saturated heterocycles. The van der Waals surface area contributed by atoms with E-state index >= 15 is 0 Å². The Hall–Kier alpha value is -0.350. The summed E-state index contributed by atoms with van der Waals surface area (Å²) in [6.45, 7) is 0. The minimum absolute atomic E-state index is 3.44. The first-order valence-corrected chi connectivity index (χ1v) is 4.47. The van der Waals surface area contributed by atoms with Crippen molar-refractivity contribution >= 4 is 9.63 Å². The molecule has 13 heavy (non-hydrogen) atoms. The molecule has 0 aliphatic carbocycles. The molecule has 3 nitrogen and oxygen atoms in total. The molecule has 0 N–H and O–H groups in total. The van der Waals surface area contributed by atoms with Gasteiger partial charge < -0.3 is 13.3 Å². The second-order valence-corrected chi connectivity index (χ2v) is 4.81. The van der Waals surface area contributed by atoms with Crippen molar-refractivity contribution in [3.8, 4) is 0 Å². The van der Waals surface area contributed by atoms with Gasteiger partial charge in [0.05, 0.1) is 5.75 Å². The van der Waals surface area contributed by atoms with E-state index in [-0.39, 0.29) is 0 Å². The van der Waals surface area contributed by atoms with Gasteiger partial charge in [-0.05, 0) is 0 Å². The van der Waals surface area contributed by atoms with Crippen LogP contribution >= 0.6 is 0 Å². The minimum atomic E-state index is -8.13. The normalized spacial score (nSPS) is 18.0. The highest BCUT2D eigenvalue weighted by atomic mass is 32.3. The SMILES string of the molecule is O=S([O-])([O-])(CC(F)(F)F)C(F)(F)F. The molecule has 10 heteroatoms. The van der Waals surface area contributed by atoms with Crippen molar-refractivity contribution in [3.05, 3.63) is 0 Å². The van der Waals surface area contributed by atoms with Crippen LogP contribution in [0.4, 0.5) is 26.3 Å². The molecule has 82 valence electrons. The van der Waals surface area contributed by atoms with Crippen LogP contribution in [0.25, 0.3) is 0 Å². The Labute approximate surface area is 67.8 Å². The quantitative estimate of drug-likeness (QED) is 0.637. The minimum Gasteiger partial charge on any atom is -0.792 e. The molecule has 0 heterocycles. The summed E-state index contributed by atoms with van der Waals surface area (Å²) >= 11 is 0. The second-order valence-electron chi connectivity index (χ2n) is 2.16. The zero-order valence-electron chi connectivity index (χ0n) is 5.61. The van der Waals surface area contributed by atoms with Gasteiger partial charge in [0.15, 0.2) is 0 Å². The zero-order chi connectivity index (χ0) is 11.2. The third-order valence-electron chi connectivity index (χ3n) is 0.860. The molecule has 0 aliphatic heterocycles. The Morgan fingerprint density at radius 3 is 1.38 bits per heavy atom. The average molecular weight is 232 g/mol. The Kier molecular flexibility index (Phi) is 2.51. The van der Waals surface area contributed by atoms with Gasteiger partial charge in [0.2, 0.25) is 0 Å². The van der Waals surface area contributed by atoms with Crippen LogP contribution in [0.15, 0.2) is 0 Å². The maximum absolute atomic E-state index is 11.4. The van der Waals surface area contributed by atoms with E-state index in [0.717, 1.165) is 0 Å². The third-order valence-corrected chi connectivity index (χ3v) is 2.58. The van der Waals surface area contributed by atoms with E-state index in [4.69, 9.17) is 0 Å². The van der Waals surface area contributed by atoms with Gasteiger partial charge in [0.1, 0.15) is 0 Å². The van der Waals surface area contributed by atoms with Crippen LogP contribution in [-0.2, 0) is 9.63 Å². The van der Waals surface area contributed by atoms with Gasteiger partial charge in [0.25, 0.3) is 0 Å². The Bertz CT molecular complexity index is 257. The van der Waals surface area contributed by atoms with Crippen molar-refractivity contribution in [2.24, 2.45) is 0 Å². The first kappa shape index (κ1) is 12.7. The van der Waals surface area contributed by atoms with E-state index in [9.17, 15) is 39.7 Å². The van der Waals surface area contributed by atoms with Crippen LogP contribution in [0.3, 0.4) is 0 Å². The van der Waals surface area contributed by atoms with Crippen molar-refractivity contribution in [2.45, 2.75) is 11.7 Å². The van der Waals surface area contributed by atoms with Crippen molar-refractivity contribution < 1.29 is 39.7 Å². The molecule has 0 fully saturated rings. The van der Waals surface area contributed by atoms with Gasteiger partial charge in [-0.2, -0.15) is 26.3 Å². The van der Waals surface area contributed by atoms with E-state index < -0.39 is 27.1 Å². The van der Waals surface area contributed by atoms with E-state index in [1.807, 2.05) is 0 Å². The van der Waals surface area contributed by atoms with Crippen molar-refractivity contribution in [2.75, 3.05) is 5.75 Å². The zero-order valence-corrected chi connectivity index (χ0v) is 6.42. The summed E-state index contributed by atoms with van der Waals surface area (Å²) in [4.78, 5) is 0. The molecule has 0 aliphatic rings. The molecular formula is C3H2F6O3S-2. The van der Waals surface area contributed by atoms with Crippen LogP contribution in [-0.4, -0.2) is 30.8 Å². The number of sulfone groups is 3. The lowest BCUT2D eigenvalue weighted by Crippen LogP contribution is -2.53. The molecule has 0 radical (unpaired) electrons. The lowest BCUT2D eigenvalue weighted by atomic mass is 10.8. The van der Waals surface area contributed by atoms with Crippen LogP contribution in [0.1, 0.15) is 0 Å². The molecule has 0 aromatic carbocycles. The molecule has 0 spiro atoms. The molecule has 0 amide bonds. The number of hydrogen-bond donors (Lipinski definition) is 0.